The Morgan fingerprint density at radius 3 is 2.63 bits per heavy atom. The van der Waals surface area contributed by atoms with E-state index in [4.69, 9.17) is 4.74 Å². The van der Waals surface area contributed by atoms with Crippen molar-refractivity contribution in [3.05, 3.63) is 23.8 Å². The van der Waals surface area contributed by atoms with Crippen LogP contribution in [0.25, 0.3) is 0 Å². The average Bonchev–Trinajstić information content (AvgIpc) is 2.31. The van der Waals surface area contributed by atoms with Crippen molar-refractivity contribution in [3.63, 3.8) is 0 Å². The number of rotatable bonds is 7. The lowest BCUT2D eigenvalue weighted by Gasteiger charge is -2.17. The molecule has 1 aromatic rings. The monoisotopic (exact) mass is 287 g/mol. The first-order chi connectivity index (χ1) is 8.83. The molecule has 1 N–H and O–H groups in total. The van der Waals surface area contributed by atoms with E-state index in [0.29, 0.717) is 25.4 Å². The van der Waals surface area contributed by atoms with Gasteiger partial charge in [0.15, 0.2) is 11.5 Å². The maximum absolute atomic E-state index is 11.1. The summed E-state index contributed by atoms with van der Waals surface area (Å²) in [5, 5.41) is 10.0. The second kappa shape index (κ2) is 6.77. The molecule has 5 nitrogen and oxygen atoms in total. The van der Waals surface area contributed by atoms with Gasteiger partial charge in [-0.2, -0.15) is 0 Å². The smallest absolute Gasteiger partial charge is 0.162 e. The average molecular weight is 287 g/mol. The van der Waals surface area contributed by atoms with Crippen molar-refractivity contribution in [2.75, 3.05) is 32.2 Å². The summed E-state index contributed by atoms with van der Waals surface area (Å²) >= 11 is 0. The fourth-order valence-corrected chi connectivity index (χ4v) is 2.30. The van der Waals surface area contributed by atoms with Crippen molar-refractivity contribution in [1.29, 1.82) is 0 Å². The molecule has 1 rings (SSSR count). The van der Waals surface area contributed by atoms with Crippen LogP contribution in [-0.4, -0.2) is 50.6 Å². The largest absolute Gasteiger partial charge is 0.504 e. The van der Waals surface area contributed by atoms with Crippen molar-refractivity contribution in [2.24, 2.45) is 0 Å². The summed E-state index contributed by atoms with van der Waals surface area (Å²) in [4.78, 5) is 1.85. The zero-order valence-corrected chi connectivity index (χ0v) is 12.4. The molecule has 0 amide bonds. The van der Waals surface area contributed by atoms with Gasteiger partial charge in [-0.15, -0.1) is 0 Å². The molecular weight excluding hydrogens is 266 g/mol. The minimum absolute atomic E-state index is 0.107. The van der Waals surface area contributed by atoms with Crippen LogP contribution in [0.2, 0.25) is 0 Å². The lowest BCUT2D eigenvalue weighted by atomic mass is 10.1. The second-order valence-electron chi connectivity index (χ2n) is 4.56. The number of benzene rings is 1. The zero-order valence-electron chi connectivity index (χ0n) is 11.6. The number of sulfone groups is 1. The van der Waals surface area contributed by atoms with Crippen molar-refractivity contribution in [3.8, 4) is 11.5 Å². The van der Waals surface area contributed by atoms with E-state index in [9.17, 15) is 13.5 Å². The molecule has 0 radical (unpaired) electrons. The third-order valence-corrected chi connectivity index (χ3v) is 3.59. The van der Waals surface area contributed by atoms with Gasteiger partial charge in [0.2, 0.25) is 0 Å². The summed E-state index contributed by atoms with van der Waals surface area (Å²) in [6.07, 6.45) is 1.22. The molecule has 0 unspecified atom stereocenters. The summed E-state index contributed by atoms with van der Waals surface area (Å²) in [5.41, 5.74) is 0.724. The van der Waals surface area contributed by atoms with Gasteiger partial charge in [-0.25, -0.2) is 8.42 Å². The Kier molecular flexibility index (Phi) is 5.62. The van der Waals surface area contributed by atoms with Crippen LogP contribution in [0.5, 0.6) is 11.5 Å². The highest BCUT2D eigenvalue weighted by Crippen LogP contribution is 2.30. The molecule has 0 atom stereocenters. The summed E-state index contributed by atoms with van der Waals surface area (Å²) in [6, 6.07) is 5.32. The van der Waals surface area contributed by atoms with E-state index in [-0.39, 0.29) is 11.5 Å². The fraction of sp³-hybridized carbons (Fsp3) is 0.538. The minimum Gasteiger partial charge on any atom is -0.504 e. The highest BCUT2D eigenvalue weighted by atomic mass is 32.2. The Morgan fingerprint density at radius 1 is 1.37 bits per heavy atom. The Hall–Kier alpha value is -1.27. The van der Waals surface area contributed by atoms with E-state index >= 15 is 0 Å². The number of aromatic hydroxyl groups is 1. The van der Waals surface area contributed by atoms with E-state index in [2.05, 4.69) is 0 Å². The third-order valence-electron chi connectivity index (χ3n) is 2.67. The van der Waals surface area contributed by atoms with Crippen LogP contribution in [-0.2, 0) is 16.4 Å². The molecule has 0 spiro atoms. The Morgan fingerprint density at radius 2 is 2.05 bits per heavy atom. The van der Waals surface area contributed by atoms with Crippen molar-refractivity contribution >= 4 is 9.84 Å². The molecule has 0 fully saturated rings. The molecule has 6 heteroatoms. The van der Waals surface area contributed by atoms with E-state index < -0.39 is 9.84 Å². The number of hydrogen-bond acceptors (Lipinski definition) is 5. The molecule has 0 saturated heterocycles. The van der Waals surface area contributed by atoms with Crippen LogP contribution in [0.1, 0.15) is 12.5 Å². The van der Waals surface area contributed by atoms with Gasteiger partial charge >= 0.3 is 0 Å². The predicted octanol–water partition coefficient (Wildman–Crippen LogP) is 1.27. The number of hydrogen-bond donors (Lipinski definition) is 1. The lowest BCUT2D eigenvalue weighted by molar-refractivity contribution is 0.306. The Balaban J connectivity index is 2.69. The van der Waals surface area contributed by atoms with Gasteiger partial charge in [-0.1, -0.05) is 12.1 Å². The minimum atomic E-state index is -2.97. The van der Waals surface area contributed by atoms with Crippen LogP contribution < -0.4 is 4.74 Å². The van der Waals surface area contributed by atoms with Crippen LogP contribution in [0.4, 0.5) is 0 Å². The maximum atomic E-state index is 11.1. The topological polar surface area (TPSA) is 66.8 Å². The van der Waals surface area contributed by atoms with Crippen LogP contribution in [0, 0.1) is 0 Å². The van der Waals surface area contributed by atoms with Crippen molar-refractivity contribution in [1.82, 2.24) is 4.90 Å². The summed E-state index contributed by atoms with van der Waals surface area (Å²) in [7, 11) is -1.15. The van der Waals surface area contributed by atoms with Gasteiger partial charge in [0.05, 0.1) is 12.4 Å². The SMILES string of the molecule is CCOc1cccc(CN(C)CCS(C)(=O)=O)c1O. The van der Waals surface area contributed by atoms with E-state index in [1.54, 1.807) is 12.1 Å². The summed E-state index contributed by atoms with van der Waals surface area (Å²) < 4.78 is 27.5. The van der Waals surface area contributed by atoms with Gasteiger partial charge in [-0.05, 0) is 20.0 Å². The van der Waals surface area contributed by atoms with Gasteiger partial charge < -0.3 is 14.7 Å². The molecular formula is C13H21NO4S. The molecule has 0 bridgehead atoms. The third kappa shape index (κ3) is 5.48. The summed E-state index contributed by atoms with van der Waals surface area (Å²) in [6.45, 7) is 3.24. The highest BCUT2D eigenvalue weighted by Gasteiger charge is 2.11. The summed E-state index contributed by atoms with van der Waals surface area (Å²) in [5.74, 6) is 0.683. The quantitative estimate of drug-likeness (QED) is 0.818. The molecule has 0 aliphatic carbocycles. The molecule has 108 valence electrons. The van der Waals surface area contributed by atoms with Gasteiger partial charge in [0, 0.05) is 24.9 Å². The molecule has 0 aliphatic heterocycles. The van der Waals surface area contributed by atoms with E-state index in [1.807, 2.05) is 24.9 Å². The second-order valence-corrected chi connectivity index (χ2v) is 6.82. The first kappa shape index (κ1) is 15.8. The van der Waals surface area contributed by atoms with Gasteiger partial charge in [0.25, 0.3) is 0 Å². The first-order valence-corrected chi connectivity index (χ1v) is 8.19. The molecule has 0 aliphatic rings. The van der Waals surface area contributed by atoms with Crippen LogP contribution >= 0.6 is 0 Å². The maximum Gasteiger partial charge on any atom is 0.162 e. The van der Waals surface area contributed by atoms with Crippen LogP contribution in [0.3, 0.4) is 0 Å². The standard InChI is InChI=1S/C13H21NO4S/c1-4-18-12-7-5-6-11(13(12)15)10-14(2)8-9-19(3,16)17/h5-7,15H,4,8-10H2,1-3H3. The molecule has 0 heterocycles. The number of nitrogens with zero attached hydrogens (tertiary/aromatic N) is 1. The van der Waals surface area contributed by atoms with Gasteiger partial charge in [0.1, 0.15) is 9.84 Å². The normalized spacial score (nSPS) is 11.8. The van der Waals surface area contributed by atoms with E-state index in [1.165, 1.54) is 6.26 Å². The highest BCUT2D eigenvalue weighted by molar-refractivity contribution is 7.90. The molecule has 0 saturated carbocycles. The Labute approximate surface area is 114 Å². The lowest BCUT2D eigenvalue weighted by Crippen LogP contribution is -2.24. The molecule has 1 aromatic carbocycles. The number of ether oxygens (including phenoxy) is 1. The Bertz CT molecular complexity index is 513. The van der Waals surface area contributed by atoms with Crippen molar-refractivity contribution in [2.45, 2.75) is 13.5 Å². The first-order valence-electron chi connectivity index (χ1n) is 6.13. The zero-order chi connectivity index (χ0) is 14.5. The number of phenolic OH excluding ortho intramolecular Hbond substituents is 1. The molecule has 0 aromatic heterocycles. The predicted molar refractivity (Wildman–Crippen MR) is 75.3 cm³/mol. The van der Waals surface area contributed by atoms with Crippen LogP contribution in [0.15, 0.2) is 18.2 Å². The molecule has 19 heavy (non-hydrogen) atoms. The van der Waals surface area contributed by atoms with E-state index in [0.717, 1.165) is 5.56 Å². The van der Waals surface area contributed by atoms with Gasteiger partial charge in [-0.3, -0.25) is 0 Å². The fourth-order valence-electron chi connectivity index (χ4n) is 1.66. The van der Waals surface area contributed by atoms with Crippen molar-refractivity contribution < 1.29 is 18.3 Å². The number of phenols is 1. The number of para-hydroxylation sites is 1.